The minimum Gasteiger partial charge on any atom is -0.491 e. The number of hydrogen-bond acceptors (Lipinski definition) is 5. The molecular weight excluding hydrogens is 392 g/mol. The van der Waals surface area contributed by atoms with E-state index in [1.165, 1.54) is 0 Å². The number of ether oxygens (including phenoxy) is 1. The van der Waals surface area contributed by atoms with Crippen molar-refractivity contribution in [1.82, 2.24) is 20.1 Å². The van der Waals surface area contributed by atoms with E-state index >= 15 is 0 Å². The summed E-state index contributed by atoms with van der Waals surface area (Å²) < 4.78 is 5.83. The van der Waals surface area contributed by atoms with Crippen molar-refractivity contribution in [3.63, 3.8) is 0 Å². The third-order valence-electron chi connectivity index (χ3n) is 5.05. The number of aromatic nitrogens is 3. The Balaban J connectivity index is 1.63. The Morgan fingerprint density at radius 1 is 1.13 bits per heavy atom. The van der Waals surface area contributed by atoms with Crippen LogP contribution in [0.4, 0.5) is 0 Å². The summed E-state index contributed by atoms with van der Waals surface area (Å²) in [6.07, 6.45) is 1.42. The first-order chi connectivity index (χ1) is 15.0. The molecule has 0 saturated heterocycles. The molecule has 162 valence electrons. The van der Waals surface area contributed by atoms with Gasteiger partial charge in [0.15, 0.2) is 5.82 Å². The third kappa shape index (κ3) is 6.25. The van der Waals surface area contributed by atoms with Gasteiger partial charge < -0.3 is 14.6 Å². The van der Waals surface area contributed by atoms with Crippen molar-refractivity contribution < 1.29 is 9.53 Å². The monoisotopic (exact) mass is 420 g/mol. The zero-order valence-electron chi connectivity index (χ0n) is 18.2. The summed E-state index contributed by atoms with van der Waals surface area (Å²) in [5.41, 5.74) is 1.68. The molecular formula is C24H28N4O3. The molecule has 7 heteroatoms. The lowest BCUT2D eigenvalue weighted by Gasteiger charge is -2.17. The first-order valence-electron chi connectivity index (χ1n) is 10.5. The SMILES string of the molecule is CCC(C)Oc1cccc(-c2nnc(CCC(=O)N(C)Cc3ccccc3)c(=O)[nH]2)c1. The van der Waals surface area contributed by atoms with E-state index in [1.807, 2.05) is 61.5 Å². The van der Waals surface area contributed by atoms with Gasteiger partial charge in [0.05, 0.1) is 6.10 Å². The zero-order chi connectivity index (χ0) is 22.2. The Hall–Kier alpha value is -3.48. The van der Waals surface area contributed by atoms with E-state index in [0.717, 1.165) is 17.5 Å². The molecule has 0 aliphatic carbocycles. The minimum absolute atomic E-state index is 0.0518. The van der Waals surface area contributed by atoms with E-state index in [4.69, 9.17) is 4.74 Å². The largest absolute Gasteiger partial charge is 0.491 e. The molecule has 0 bridgehead atoms. The predicted molar refractivity (Wildman–Crippen MR) is 120 cm³/mol. The lowest BCUT2D eigenvalue weighted by molar-refractivity contribution is -0.130. The van der Waals surface area contributed by atoms with Crippen LogP contribution < -0.4 is 10.3 Å². The molecule has 0 radical (unpaired) electrons. The minimum atomic E-state index is -0.336. The summed E-state index contributed by atoms with van der Waals surface area (Å²) in [7, 11) is 1.75. The summed E-state index contributed by atoms with van der Waals surface area (Å²) in [5.74, 6) is 1.03. The molecule has 0 fully saturated rings. The number of H-pyrrole nitrogens is 1. The van der Waals surface area contributed by atoms with Crippen molar-refractivity contribution in [3.8, 4) is 17.1 Å². The van der Waals surface area contributed by atoms with E-state index in [1.54, 1.807) is 11.9 Å². The van der Waals surface area contributed by atoms with Gasteiger partial charge >= 0.3 is 0 Å². The number of carbonyl (C=O) groups excluding carboxylic acids is 1. The fourth-order valence-corrected chi connectivity index (χ4v) is 3.05. The molecule has 3 rings (SSSR count). The van der Waals surface area contributed by atoms with Gasteiger partial charge in [0.1, 0.15) is 11.4 Å². The summed E-state index contributed by atoms with van der Waals surface area (Å²) in [6.45, 7) is 4.58. The highest BCUT2D eigenvalue weighted by Gasteiger charge is 2.13. The van der Waals surface area contributed by atoms with Crippen molar-refractivity contribution >= 4 is 5.91 Å². The van der Waals surface area contributed by atoms with Gasteiger partial charge in [0, 0.05) is 32.0 Å². The van der Waals surface area contributed by atoms with Gasteiger partial charge in [-0.25, -0.2) is 0 Å². The molecule has 0 spiro atoms. The fraction of sp³-hybridized carbons (Fsp3) is 0.333. The normalized spacial score (nSPS) is 11.7. The van der Waals surface area contributed by atoms with Crippen LogP contribution in [0.5, 0.6) is 5.75 Å². The average molecular weight is 421 g/mol. The number of amides is 1. The molecule has 0 aliphatic heterocycles. The van der Waals surface area contributed by atoms with Crippen molar-refractivity contribution in [3.05, 3.63) is 76.2 Å². The zero-order valence-corrected chi connectivity index (χ0v) is 18.2. The highest BCUT2D eigenvalue weighted by Crippen LogP contribution is 2.21. The lowest BCUT2D eigenvalue weighted by Crippen LogP contribution is -2.27. The van der Waals surface area contributed by atoms with E-state index in [-0.39, 0.29) is 36.1 Å². The maximum absolute atomic E-state index is 12.5. The highest BCUT2D eigenvalue weighted by molar-refractivity contribution is 5.76. The van der Waals surface area contributed by atoms with Crippen LogP contribution in [0.2, 0.25) is 0 Å². The number of benzene rings is 2. The van der Waals surface area contributed by atoms with Crippen LogP contribution in [0.1, 0.15) is 37.9 Å². The molecule has 1 N–H and O–H groups in total. The summed E-state index contributed by atoms with van der Waals surface area (Å²) in [4.78, 5) is 29.3. The number of nitrogens with zero attached hydrogens (tertiary/aromatic N) is 3. The van der Waals surface area contributed by atoms with Gasteiger partial charge in [0.2, 0.25) is 5.91 Å². The summed E-state index contributed by atoms with van der Waals surface area (Å²) >= 11 is 0. The Morgan fingerprint density at radius 2 is 1.90 bits per heavy atom. The second kappa shape index (κ2) is 10.5. The first kappa shape index (κ1) is 22.2. The van der Waals surface area contributed by atoms with Gasteiger partial charge in [0.25, 0.3) is 5.56 Å². The molecule has 1 unspecified atom stereocenters. The van der Waals surface area contributed by atoms with Crippen molar-refractivity contribution in [1.29, 1.82) is 0 Å². The van der Waals surface area contributed by atoms with Crippen molar-refractivity contribution in [2.75, 3.05) is 7.05 Å². The number of rotatable bonds is 9. The summed E-state index contributed by atoms with van der Waals surface area (Å²) in [6, 6.07) is 17.2. The topological polar surface area (TPSA) is 88.2 Å². The van der Waals surface area contributed by atoms with Crippen molar-refractivity contribution in [2.24, 2.45) is 0 Å². The van der Waals surface area contributed by atoms with Crippen LogP contribution in [-0.4, -0.2) is 39.1 Å². The molecule has 1 heterocycles. The maximum atomic E-state index is 12.5. The van der Waals surface area contributed by atoms with Gasteiger partial charge in [-0.05, 0) is 31.0 Å². The first-order valence-corrected chi connectivity index (χ1v) is 10.5. The van der Waals surface area contributed by atoms with Crippen LogP contribution in [0.3, 0.4) is 0 Å². The molecule has 3 aromatic rings. The Bertz CT molecular complexity index is 1070. The Morgan fingerprint density at radius 3 is 2.61 bits per heavy atom. The van der Waals surface area contributed by atoms with Gasteiger partial charge in [-0.15, -0.1) is 10.2 Å². The average Bonchev–Trinajstić information content (AvgIpc) is 2.78. The van der Waals surface area contributed by atoms with Gasteiger partial charge in [-0.2, -0.15) is 0 Å². The number of aryl methyl sites for hydroxylation is 1. The maximum Gasteiger partial charge on any atom is 0.273 e. The number of carbonyl (C=O) groups is 1. The van der Waals surface area contributed by atoms with E-state index in [0.29, 0.717) is 18.1 Å². The lowest BCUT2D eigenvalue weighted by atomic mass is 10.2. The van der Waals surface area contributed by atoms with Crippen LogP contribution in [0.15, 0.2) is 59.4 Å². The highest BCUT2D eigenvalue weighted by atomic mass is 16.5. The van der Waals surface area contributed by atoms with Crippen LogP contribution in [0.25, 0.3) is 11.4 Å². The van der Waals surface area contributed by atoms with E-state index in [2.05, 4.69) is 22.1 Å². The molecule has 0 saturated carbocycles. The van der Waals surface area contributed by atoms with Gasteiger partial charge in [-0.3, -0.25) is 9.59 Å². The Labute approximate surface area is 182 Å². The van der Waals surface area contributed by atoms with Crippen molar-refractivity contribution in [2.45, 2.75) is 45.8 Å². The second-order valence-electron chi connectivity index (χ2n) is 7.55. The third-order valence-corrected chi connectivity index (χ3v) is 5.05. The standard InChI is InChI=1S/C24H28N4O3/c1-4-17(2)31-20-12-8-11-19(15-20)23-25-24(30)21(26-27-23)13-14-22(29)28(3)16-18-9-6-5-7-10-18/h5-12,15,17H,4,13-14,16H2,1-3H3,(H,25,27,30). The quantitative estimate of drug-likeness (QED) is 0.571. The van der Waals surface area contributed by atoms with E-state index < -0.39 is 0 Å². The smallest absolute Gasteiger partial charge is 0.273 e. The molecule has 7 nitrogen and oxygen atoms in total. The second-order valence-corrected chi connectivity index (χ2v) is 7.55. The molecule has 2 aromatic carbocycles. The number of aromatic amines is 1. The molecule has 0 aliphatic rings. The van der Waals surface area contributed by atoms with Crippen LogP contribution >= 0.6 is 0 Å². The fourth-order valence-electron chi connectivity index (χ4n) is 3.05. The predicted octanol–water partition coefficient (Wildman–Crippen LogP) is 3.60. The van der Waals surface area contributed by atoms with E-state index in [9.17, 15) is 9.59 Å². The Kier molecular flexibility index (Phi) is 7.54. The molecule has 1 atom stereocenters. The number of nitrogens with one attached hydrogen (secondary N) is 1. The molecule has 1 amide bonds. The molecule has 31 heavy (non-hydrogen) atoms. The van der Waals surface area contributed by atoms with Crippen LogP contribution in [-0.2, 0) is 17.8 Å². The van der Waals surface area contributed by atoms with Crippen LogP contribution in [0, 0.1) is 0 Å². The van der Waals surface area contributed by atoms with Gasteiger partial charge in [-0.1, -0.05) is 49.4 Å². The summed E-state index contributed by atoms with van der Waals surface area (Å²) in [5, 5.41) is 8.23. The number of hydrogen-bond donors (Lipinski definition) is 1. The molecule has 1 aromatic heterocycles.